The van der Waals surface area contributed by atoms with Gasteiger partial charge in [0.1, 0.15) is 6.10 Å². The van der Waals surface area contributed by atoms with E-state index in [-0.39, 0.29) is 12.3 Å². The number of benzene rings is 1. The van der Waals surface area contributed by atoms with Gasteiger partial charge in [0.25, 0.3) is 0 Å². The van der Waals surface area contributed by atoms with E-state index in [1.165, 1.54) is 21.4 Å². The van der Waals surface area contributed by atoms with Crippen LogP contribution in [0.15, 0.2) is 36.5 Å². The molecule has 1 unspecified atom stereocenters. The number of hydrogen-bond acceptors (Lipinski definition) is 4. The Bertz CT molecular complexity index is 958. The maximum Gasteiger partial charge on any atom is 0.225 e. The number of H-pyrrole nitrogens is 1. The molecule has 0 fully saturated rings. The Morgan fingerprint density at radius 1 is 1.33 bits per heavy atom. The van der Waals surface area contributed by atoms with Crippen LogP contribution in [0, 0.1) is 0 Å². The van der Waals surface area contributed by atoms with Crippen molar-refractivity contribution in [2.45, 2.75) is 32.2 Å². The number of aliphatic hydroxyl groups is 1. The van der Waals surface area contributed by atoms with E-state index in [9.17, 15) is 9.90 Å². The molecule has 1 aliphatic heterocycles. The standard InChI is InChI=1S/C20H25N5O2/c1-23(2)19(27)11-18(26)17-10-16-13-24(8-9-25(16)22-17)12-15-5-3-4-14-6-7-21-20(14)15/h3-7,10,18,21,26H,8-9,11-13H2,1-2H3. The first-order valence-electron chi connectivity index (χ1n) is 9.23. The Kier molecular flexibility index (Phi) is 4.72. The summed E-state index contributed by atoms with van der Waals surface area (Å²) in [7, 11) is 3.38. The second kappa shape index (κ2) is 7.17. The van der Waals surface area contributed by atoms with Gasteiger partial charge in [-0.2, -0.15) is 5.10 Å². The van der Waals surface area contributed by atoms with Crippen LogP contribution in [0.4, 0.5) is 0 Å². The van der Waals surface area contributed by atoms with Gasteiger partial charge in [0, 0.05) is 45.4 Å². The molecule has 142 valence electrons. The number of aromatic amines is 1. The summed E-state index contributed by atoms with van der Waals surface area (Å²) >= 11 is 0. The zero-order valence-electron chi connectivity index (χ0n) is 15.7. The average molecular weight is 367 g/mol. The fourth-order valence-electron chi connectivity index (χ4n) is 3.62. The Morgan fingerprint density at radius 2 is 2.19 bits per heavy atom. The highest BCUT2D eigenvalue weighted by Crippen LogP contribution is 2.23. The van der Waals surface area contributed by atoms with E-state index in [2.05, 4.69) is 39.2 Å². The number of aliphatic hydroxyl groups excluding tert-OH is 1. The van der Waals surface area contributed by atoms with Crippen molar-refractivity contribution in [3.8, 4) is 0 Å². The summed E-state index contributed by atoms with van der Waals surface area (Å²) in [6, 6.07) is 10.4. The fraction of sp³-hybridized carbons (Fsp3) is 0.400. The van der Waals surface area contributed by atoms with Gasteiger partial charge >= 0.3 is 0 Å². The minimum atomic E-state index is -0.862. The molecular formula is C20H25N5O2. The summed E-state index contributed by atoms with van der Waals surface area (Å²) in [5.41, 5.74) is 4.12. The van der Waals surface area contributed by atoms with E-state index in [0.29, 0.717) is 5.69 Å². The van der Waals surface area contributed by atoms with Gasteiger partial charge in [0.15, 0.2) is 0 Å². The molecule has 1 atom stereocenters. The van der Waals surface area contributed by atoms with Gasteiger partial charge in [0.05, 0.1) is 24.4 Å². The second-order valence-electron chi connectivity index (χ2n) is 7.36. The largest absolute Gasteiger partial charge is 0.386 e. The predicted molar refractivity (Wildman–Crippen MR) is 103 cm³/mol. The molecule has 4 rings (SSSR count). The molecule has 3 heterocycles. The van der Waals surface area contributed by atoms with Gasteiger partial charge in [-0.3, -0.25) is 14.4 Å². The average Bonchev–Trinajstić information content (AvgIpc) is 3.28. The molecule has 7 nitrogen and oxygen atoms in total. The Morgan fingerprint density at radius 3 is 3.00 bits per heavy atom. The highest BCUT2D eigenvalue weighted by atomic mass is 16.3. The first kappa shape index (κ1) is 17.8. The lowest BCUT2D eigenvalue weighted by atomic mass is 10.1. The number of nitrogens with one attached hydrogen (secondary N) is 1. The SMILES string of the molecule is CN(C)C(=O)CC(O)c1cc2n(n1)CCN(Cc1cccc3cc[nH]c13)C2. The minimum Gasteiger partial charge on any atom is -0.386 e. The van der Waals surface area contributed by atoms with Crippen molar-refractivity contribution < 1.29 is 9.90 Å². The third-order valence-corrected chi connectivity index (χ3v) is 5.17. The van der Waals surface area contributed by atoms with Gasteiger partial charge in [-0.25, -0.2) is 0 Å². The molecular weight excluding hydrogens is 342 g/mol. The van der Waals surface area contributed by atoms with Gasteiger partial charge in [-0.15, -0.1) is 0 Å². The number of hydrogen-bond donors (Lipinski definition) is 2. The zero-order chi connectivity index (χ0) is 19.0. The Labute approximate surface area is 158 Å². The summed E-state index contributed by atoms with van der Waals surface area (Å²) in [5, 5.41) is 16.1. The number of carbonyl (C=O) groups is 1. The predicted octanol–water partition coefficient (Wildman–Crippen LogP) is 1.89. The molecule has 1 aromatic carbocycles. The van der Waals surface area contributed by atoms with Crippen molar-refractivity contribution in [1.29, 1.82) is 0 Å². The Balaban J connectivity index is 1.46. The first-order valence-corrected chi connectivity index (χ1v) is 9.23. The molecule has 27 heavy (non-hydrogen) atoms. The van der Waals surface area contributed by atoms with Gasteiger partial charge in [0.2, 0.25) is 5.91 Å². The van der Waals surface area contributed by atoms with Crippen LogP contribution in [0.25, 0.3) is 10.9 Å². The van der Waals surface area contributed by atoms with Crippen molar-refractivity contribution in [1.82, 2.24) is 24.6 Å². The van der Waals surface area contributed by atoms with E-state index in [4.69, 9.17) is 0 Å². The van der Waals surface area contributed by atoms with Crippen molar-refractivity contribution in [3.63, 3.8) is 0 Å². The molecule has 0 saturated heterocycles. The molecule has 0 bridgehead atoms. The molecule has 2 N–H and O–H groups in total. The van der Waals surface area contributed by atoms with Crippen molar-refractivity contribution in [2.75, 3.05) is 20.6 Å². The molecule has 1 amide bonds. The van der Waals surface area contributed by atoms with E-state index in [0.717, 1.165) is 31.9 Å². The van der Waals surface area contributed by atoms with Crippen LogP contribution in [-0.2, 0) is 24.4 Å². The molecule has 7 heteroatoms. The smallest absolute Gasteiger partial charge is 0.225 e. The van der Waals surface area contributed by atoms with Crippen molar-refractivity contribution in [3.05, 3.63) is 53.5 Å². The van der Waals surface area contributed by atoms with Crippen LogP contribution in [-0.4, -0.2) is 56.2 Å². The highest BCUT2D eigenvalue weighted by Gasteiger charge is 2.23. The summed E-state index contributed by atoms with van der Waals surface area (Å²) in [5.74, 6) is -0.103. The summed E-state index contributed by atoms with van der Waals surface area (Å²) in [6.07, 6.45) is 1.17. The van der Waals surface area contributed by atoms with E-state index in [1.54, 1.807) is 14.1 Å². The van der Waals surface area contributed by atoms with Crippen LogP contribution in [0.2, 0.25) is 0 Å². The molecule has 0 aliphatic carbocycles. The molecule has 1 aliphatic rings. The number of fused-ring (bicyclic) bond motifs is 2. The summed E-state index contributed by atoms with van der Waals surface area (Å²) < 4.78 is 1.95. The minimum absolute atomic E-state index is 0.0575. The van der Waals surface area contributed by atoms with E-state index >= 15 is 0 Å². The summed E-state index contributed by atoms with van der Waals surface area (Å²) in [6.45, 7) is 3.32. The van der Waals surface area contributed by atoms with Crippen LogP contribution < -0.4 is 0 Å². The van der Waals surface area contributed by atoms with Crippen LogP contribution in [0.3, 0.4) is 0 Å². The number of nitrogens with zero attached hydrogens (tertiary/aromatic N) is 4. The second-order valence-corrected chi connectivity index (χ2v) is 7.36. The van der Waals surface area contributed by atoms with E-state index in [1.807, 2.05) is 16.9 Å². The third-order valence-electron chi connectivity index (χ3n) is 5.17. The molecule has 0 saturated carbocycles. The van der Waals surface area contributed by atoms with E-state index < -0.39 is 6.10 Å². The molecule has 0 spiro atoms. The third kappa shape index (κ3) is 3.61. The van der Waals surface area contributed by atoms with Crippen LogP contribution in [0.5, 0.6) is 0 Å². The topological polar surface area (TPSA) is 77.4 Å². The van der Waals surface area contributed by atoms with Gasteiger partial charge in [-0.1, -0.05) is 18.2 Å². The lowest BCUT2D eigenvalue weighted by Gasteiger charge is -2.27. The quantitative estimate of drug-likeness (QED) is 0.722. The number of carbonyl (C=O) groups excluding carboxylic acids is 1. The number of para-hydroxylation sites is 1. The summed E-state index contributed by atoms with van der Waals surface area (Å²) in [4.78, 5) is 19.0. The molecule has 3 aromatic rings. The first-order chi connectivity index (χ1) is 13.0. The monoisotopic (exact) mass is 367 g/mol. The van der Waals surface area contributed by atoms with Gasteiger partial charge in [-0.05, 0) is 23.1 Å². The van der Waals surface area contributed by atoms with Gasteiger partial charge < -0.3 is 15.0 Å². The van der Waals surface area contributed by atoms with Crippen LogP contribution >= 0.6 is 0 Å². The van der Waals surface area contributed by atoms with Crippen molar-refractivity contribution in [2.24, 2.45) is 0 Å². The maximum absolute atomic E-state index is 11.8. The normalized spacial score (nSPS) is 15.7. The molecule has 0 radical (unpaired) electrons. The number of rotatable bonds is 5. The molecule has 2 aromatic heterocycles. The van der Waals surface area contributed by atoms with Crippen LogP contribution in [0.1, 0.15) is 29.5 Å². The van der Waals surface area contributed by atoms with Crippen molar-refractivity contribution >= 4 is 16.8 Å². The number of amides is 1. The lowest BCUT2D eigenvalue weighted by Crippen LogP contribution is -2.33. The Hall–Kier alpha value is -2.64. The fourth-order valence-corrected chi connectivity index (χ4v) is 3.62. The lowest BCUT2D eigenvalue weighted by molar-refractivity contribution is -0.130. The number of aromatic nitrogens is 3. The maximum atomic E-state index is 11.8. The zero-order valence-corrected chi connectivity index (χ0v) is 15.7. The highest BCUT2D eigenvalue weighted by molar-refractivity contribution is 5.82.